The zero-order valence-corrected chi connectivity index (χ0v) is 20.1. The van der Waals surface area contributed by atoms with Crippen molar-refractivity contribution in [1.82, 2.24) is 19.6 Å². The van der Waals surface area contributed by atoms with Crippen LogP contribution < -0.4 is 4.90 Å². The molecule has 34 heavy (non-hydrogen) atoms. The number of hydrogen-bond acceptors (Lipinski definition) is 5. The van der Waals surface area contributed by atoms with Gasteiger partial charge < -0.3 is 14.7 Å². The van der Waals surface area contributed by atoms with E-state index in [2.05, 4.69) is 27.9 Å². The first-order chi connectivity index (χ1) is 16.4. The summed E-state index contributed by atoms with van der Waals surface area (Å²) in [6, 6.07) is 7.55. The third kappa shape index (κ3) is 3.99. The van der Waals surface area contributed by atoms with E-state index in [-0.39, 0.29) is 23.3 Å². The number of likely N-dealkylation sites (tertiary alicyclic amines) is 2. The monoisotopic (exact) mass is 463 g/mol. The molecular formula is C26H33N5O3. The van der Waals surface area contributed by atoms with Gasteiger partial charge in [-0.3, -0.25) is 9.59 Å². The Morgan fingerprint density at radius 3 is 2.32 bits per heavy atom. The number of nitrogens with zero attached hydrogens (tertiary/aromatic N) is 5. The molecule has 4 heterocycles. The van der Waals surface area contributed by atoms with Crippen molar-refractivity contribution < 1.29 is 14.4 Å². The number of benzene rings is 1. The van der Waals surface area contributed by atoms with Crippen LogP contribution in [-0.4, -0.2) is 75.6 Å². The molecule has 1 aromatic carbocycles. The zero-order valence-electron chi connectivity index (χ0n) is 20.1. The molecule has 3 aliphatic rings. The lowest BCUT2D eigenvalue weighted by molar-refractivity contribution is 0.0421. The van der Waals surface area contributed by atoms with Crippen LogP contribution in [0.15, 0.2) is 30.5 Å². The minimum absolute atomic E-state index is 0.123. The Hall–Kier alpha value is -3.16. The van der Waals surface area contributed by atoms with Crippen LogP contribution in [0.25, 0.3) is 0 Å². The van der Waals surface area contributed by atoms with E-state index in [0.29, 0.717) is 18.8 Å². The lowest BCUT2D eigenvalue weighted by atomic mass is 9.84. The second-order valence-corrected chi connectivity index (χ2v) is 9.97. The molecule has 3 aliphatic heterocycles. The Labute approximate surface area is 200 Å². The van der Waals surface area contributed by atoms with Crippen LogP contribution >= 0.6 is 0 Å². The Bertz CT molecular complexity index is 1110. The van der Waals surface area contributed by atoms with Crippen LogP contribution in [0, 0.1) is 6.92 Å². The van der Waals surface area contributed by atoms with Gasteiger partial charge in [-0.2, -0.15) is 9.78 Å². The second kappa shape index (κ2) is 8.89. The molecule has 8 heteroatoms. The summed E-state index contributed by atoms with van der Waals surface area (Å²) in [5, 5.41) is 4.12. The molecule has 0 N–H and O–H groups in total. The average molecular weight is 464 g/mol. The maximum absolute atomic E-state index is 13.9. The van der Waals surface area contributed by atoms with E-state index in [1.807, 2.05) is 12.1 Å². The van der Waals surface area contributed by atoms with Crippen LogP contribution in [-0.2, 0) is 0 Å². The molecule has 0 saturated carbocycles. The fraction of sp³-hybridized carbons (Fsp3) is 0.538. The molecule has 0 bridgehead atoms. The van der Waals surface area contributed by atoms with Gasteiger partial charge >= 0.3 is 6.03 Å². The number of anilines is 1. The zero-order chi connectivity index (χ0) is 23.9. The van der Waals surface area contributed by atoms with Crippen molar-refractivity contribution in [3.05, 3.63) is 47.3 Å². The number of carbonyl (C=O) groups excluding carboxylic acids is 3. The van der Waals surface area contributed by atoms with Gasteiger partial charge in [-0.25, -0.2) is 4.79 Å². The second-order valence-electron chi connectivity index (χ2n) is 9.97. The molecule has 3 fully saturated rings. The number of ketones is 1. The van der Waals surface area contributed by atoms with Crippen LogP contribution in [0.3, 0.4) is 0 Å². The first-order valence-electron chi connectivity index (χ1n) is 12.4. The van der Waals surface area contributed by atoms with Crippen LogP contribution in [0.4, 0.5) is 10.5 Å². The smallest absolute Gasteiger partial charge is 0.344 e. The van der Waals surface area contributed by atoms with Crippen LogP contribution in [0.1, 0.15) is 71.9 Å². The van der Waals surface area contributed by atoms with Crippen molar-refractivity contribution in [1.29, 1.82) is 0 Å². The summed E-state index contributed by atoms with van der Waals surface area (Å²) >= 11 is 0. The summed E-state index contributed by atoms with van der Waals surface area (Å²) in [6.45, 7) is 7.44. The van der Waals surface area contributed by atoms with E-state index in [0.717, 1.165) is 56.6 Å². The number of aromatic nitrogens is 2. The predicted octanol–water partition coefficient (Wildman–Crippen LogP) is 3.73. The maximum atomic E-state index is 13.9. The molecule has 2 amide bonds. The number of rotatable bonds is 3. The fourth-order valence-electron chi connectivity index (χ4n) is 5.84. The van der Waals surface area contributed by atoms with Crippen molar-refractivity contribution in [3.8, 4) is 0 Å². The average Bonchev–Trinajstić information content (AvgIpc) is 3.60. The minimum atomic E-state index is -0.215. The molecule has 2 aromatic rings. The molecule has 5 rings (SSSR count). The topological polar surface area (TPSA) is 78.8 Å². The van der Waals surface area contributed by atoms with E-state index < -0.39 is 0 Å². The molecule has 1 spiro atoms. The lowest BCUT2D eigenvalue weighted by Gasteiger charge is -2.45. The Morgan fingerprint density at radius 1 is 0.912 bits per heavy atom. The van der Waals surface area contributed by atoms with E-state index >= 15 is 0 Å². The SMILES string of the molecule is CC(=O)c1ccn(C(=O)N2CCC3(CCCN3C(=O)c3ccc(C)cc3N3CCCC3)CC2)n1. The summed E-state index contributed by atoms with van der Waals surface area (Å²) in [4.78, 5) is 44.6. The lowest BCUT2D eigenvalue weighted by Crippen LogP contribution is -2.55. The number of Topliss-reactive ketones (excluding diaryl/α,β-unsaturated/α-hetero) is 1. The molecule has 180 valence electrons. The standard InChI is InChI=1S/C26H33N5O3/c1-19-6-7-21(23(18-19)28-12-3-4-13-28)24(33)30-14-5-9-26(30)10-16-29(17-11-26)25(34)31-15-8-22(27-31)20(2)32/h6-8,15,18H,3-5,9-14,16-17H2,1-2H3. The van der Waals surface area contributed by atoms with Crippen LogP contribution in [0.5, 0.6) is 0 Å². The van der Waals surface area contributed by atoms with Gasteiger partial charge in [0, 0.05) is 57.1 Å². The largest absolute Gasteiger partial charge is 0.371 e. The van der Waals surface area contributed by atoms with E-state index in [1.165, 1.54) is 30.0 Å². The van der Waals surface area contributed by atoms with Crippen molar-refractivity contribution >= 4 is 23.4 Å². The van der Waals surface area contributed by atoms with Gasteiger partial charge in [0.25, 0.3) is 5.91 Å². The third-order valence-electron chi connectivity index (χ3n) is 7.78. The van der Waals surface area contributed by atoms with Crippen LogP contribution in [0.2, 0.25) is 0 Å². The quantitative estimate of drug-likeness (QED) is 0.648. The van der Waals surface area contributed by atoms with Gasteiger partial charge in [-0.15, -0.1) is 0 Å². The van der Waals surface area contributed by atoms with Crippen molar-refractivity contribution in [2.24, 2.45) is 0 Å². The highest BCUT2D eigenvalue weighted by molar-refractivity contribution is 6.00. The highest BCUT2D eigenvalue weighted by Gasteiger charge is 2.46. The van der Waals surface area contributed by atoms with E-state index in [4.69, 9.17) is 0 Å². The highest BCUT2D eigenvalue weighted by Crippen LogP contribution is 2.40. The third-order valence-corrected chi connectivity index (χ3v) is 7.78. The molecule has 1 aromatic heterocycles. The van der Waals surface area contributed by atoms with Gasteiger partial charge in [0.2, 0.25) is 0 Å². The van der Waals surface area contributed by atoms with E-state index in [9.17, 15) is 14.4 Å². The molecular weight excluding hydrogens is 430 g/mol. The van der Waals surface area contributed by atoms with Crippen molar-refractivity contribution in [3.63, 3.8) is 0 Å². The number of amides is 2. The number of aryl methyl sites for hydroxylation is 1. The highest BCUT2D eigenvalue weighted by atomic mass is 16.2. The Kier molecular flexibility index (Phi) is 5.91. The number of carbonyl (C=O) groups is 3. The maximum Gasteiger partial charge on any atom is 0.344 e. The summed E-state index contributed by atoms with van der Waals surface area (Å²) in [6.07, 6.45) is 7.37. The first kappa shape index (κ1) is 22.6. The Balaban J connectivity index is 1.32. The molecule has 3 saturated heterocycles. The summed E-state index contributed by atoms with van der Waals surface area (Å²) in [5.74, 6) is -0.0361. The van der Waals surface area contributed by atoms with Gasteiger partial charge in [0.05, 0.1) is 5.56 Å². The molecule has 0 atom stereocenters. The van der Waals surface area contributed by atoms with Gasteiger partial charge in [-0.05, 0) is 69.2 Å². The molecule has 0 aliphatic carbocycles. The van der Waals surface area contributed by atoms with Gasteiger partial charge in [0.1, 0.15) is 5.69 Å². The van der Waals surface area contributed by atoms with Gasteiger partial charge in [-0.1, -0.05) is 6.07 Å². The van der Waals surface area contributed by atoms with E-state index in [1.54, 1.807) is 17.2 Å². The van der Waals surface area contributed by atoms with Gasteiger partial charge in [0.15, 0.2) is 5.78 Å². The molecule has 0 radical (unpaired) electrons. The molecule has 8 nitrogen and oxygen atoms in total. The molecule has 0 unspecified atom stereocenters. The first-order valence-corrected chi connectivity index (χ1v) is 12.4. The number of hydrogen-bond donors (Lipinski definition) is 0. The summed E-state index contributed by atoms with van der Waals surface area (Å²) in [7, 11) is 0. The van der Waals surface area contributed by atoms with Crippen molar-refractivity contribution in [2.75, 3.05) is 37.6 Å². The van der Waals surface area contributed by atoms with Crippen molar-refractivity contribution in [2.45, 2.75) is 57.9 Å². The summed E-state index contributed by atoms with van der Waals surface area (Å²) in [5.41, 5.74) is 3.14. The normalized spacial score (nSPS) is 19.8. The minimum Gasteiger partial charge on any atom is -0.371 e. The predicted molar refractivity (Wildman–Crippen MR) is 129 cm³/mol. The number of piperidine rings is 1. The Morgan fingerprint density at radius 2 is 1.65 bits per heavy atom. The fourth-order valence-corrected chi connectivity index (χ4v) is 5.84. The summed E-state index contributed by atoms with van der Waals surface area (Å²) < 4.78 is 1.25.